The van der Waals surface area contributed by atoms with Gasteiger partial charge in [-0.1, -0.05) is 6.07 Å². The zero-order valence-electron chi connectivity index (χ0n) is 9.37. The Kier molecular flexibility index (Phi) is 3.19. The Labute approximate surface area is 104 Å². The van der Waals surface area contributed by atoms with Gasteiger partial charge in [-0.2, -0.15) is 0 Å². The first-order chi connectivity index (χ1) is 7.65. The van der Waals surface area contributed by atoms with E-state index in [0.29, 0.717) is 17.4 Å². The van der Waals surface area contributed by atoms with E-state index >= 15 is 0 Å². The van der Waals surface area contributed by atoms with Crippen LogP contribution in [0.1, 0.15) is 23.2 Å². The van der Waals surface area contributed by atoms with E-state index in [-0.39, 0.29) is 5.91 Å². The zero-order valence-corrected chi connectivity index (χ0v) is 11.0. The molecule has 0 unspecified atom stereocenters. The number of ether oxygens (including phenoxy) is 1. The Bertz CT molecular complexity index is 415. The van der Waals surface area contributed by atoms with E-state index in [1.807, 2.05) is 19.2 Å². The lowest BCUT2D eigenvalue weighted by atomic mass is 10.1. The van der Waals surface area contributed by atoms with Crippen molar-refractivity contribution in [3.8, 4) is 5.75 Å². The maximum Gasteiger partial charge on any atom is 0.258 e. The molecule has 2 rings (SSSR count). The maximum atomic E-state index is 12.2. The molecule has 0 spiro atoms. The van der Waals surface area contributed by atoms with Crippen molar-refractivity contribution >= 4 is 21.8 Å². The summed E-state index contributed by atoms with van der Waals surface area (Å²) in [6, 6.07) is 5.93. The van der Waals surface area contributed by atoms with Gasteiger partial charge in [0.2, 0.25) is 0 Å². The van der Waals surface area contributed by atoms with Crippen molar-refractivity contribution in [2.24, 2.45) is 0 Å². The zero-order chi connectivity index (χ0) is 11.7. The van der Waals surface area contributed by atoms with Crippen molar-refractivity contribution in [2.75, 3.05) is 14.2 Å². The Morgan fingerprint density at radius 3 is 2.75 bits per heavy atom. The molecule has 0 aromatic heterocycles. The molecule has 0 saturated heterocycles. The fourth-order valence-corrected chi connectivity index (χ4v) is 2.20. The van der Waals surface area contributed by atoms with Gasteiger partial charge in [0.05, 0.1) is 12.7 Å². The Hall–Kier alpha value is -1.03. The van der Waals surface area contributed by atoms with E-state index in [2.05, 4.69) is 15.9 Å². The number of halogens is 1. The number of amides is 1. The van der Waals surface area contributed by atoms with Gasteiger partial charge in [0, 0.05) is 17.6 Å². The van der Waals surface area contributed by atoms with Crippen molar-refractivity contribution in [3.05, 3.63) is 28.2 Å². The van der Waals surface area contributed by atoms with E-state index < -0.39 is 0 Å². The molecule has 0 heterocycles. The third-order valence-corrected chi connectivity index (χ3v) is 3.48. The summed E-state index contributed by atoms with van der Waals surface area (Å²) in [5.41, 5.74) is 0.611. The summed E-state index contributed by atoms with van der Waals surface area (Å²) in [5, 5.41) is 0. The Balaban J connectivity index is 2.34. The molecule has 3 nitrogen and oxygen atoms in total. The van der Waals surface area contributed by atoms with E-state index in [4.69, 9.17) is 4.74 Å². The Morgan fingerprint density at radius 2 is 2.19 bits per heavy atom. The monoisotopic (exact) mass is 283 g/mol. The van der Waals surface area contributed by atoms with Crippen molar-refractivity contribution < 1.29 is 9.53 Å². The largest absolute Gasteiger partial charge is 0.496 e. The molecular weight excluding hydrogens is 270 g/mol. The minimum Gasteiger partial charge on any atom is -0.496 e. The first-order valence-corrected chi connectivity index (χ1v) is 6.04. The maximum absolute atomic E-state index is 12.2. The smallest absolute Gasteiger partial charge is 0.258 e. The Morgan fingerprint density at radius 1 is 1.50 bits per heavy atom. The first kappa shape index (κ1) is 11.5. The van der Waals surface area contributed by atoms with E-state index in [1.54, 1.807) is 18.1 Å². The fourth-order valence-electron chi connectivity index (χ4n) is 1.69. The lowest BCUT2D eigenvalue weighted by Crippen LogP contribution is -2.29. The van der Waals surface area contributed by atoms with E-state index in [9.17, 15) is 4.79 Å². The first-order valence-electron chi connectivity index (χ1n) is 5.25. The van der Waals surface area contributed by atoms with Crippen LogP contribution in [-0.2, 0) is 0 Å². The van der Waals surface area contributed by atoms with Crippen LogP contribution in [0.5, 0.6) is 5.75 Å². The van der Waals surface area contributed by atoms with Crippen LogP contribution in [-0.4, -0.2) is 31.0 Å². The lowest BCUT2D eigenvalue weighted by molar-refractivity contribution is 0.0781. The van der Waals surface area contributed by atoms with Crippen LogP contribution in [0.4, 0.5) is 0 Å². The number of hydrogen-bond donors (Lipinski definition) is 0. The number of carbonyl (C=O) groups is 1. The molecule has 0 aliphatic heterocycles. The van der Waals surface area contributed by atoms with Crippen molar-refractivity contribution in [3.63, 3.8) is 0 Å². The van der Waals surface area contributed by atoms with Gasteiger partial charge >= 0.3 is 0 Å². The topological polar surface area (TPSA) is 29.5 Å². The molecule has 0 radical (unpaired) electrons. The lowest BCUT2D eigenvalue weighted by Gasteiger charge is -2.18. The number of nitrogens with zero attached hydrogens (tertiary/aromatic N) is 1. The number of benzene rings is 1. The highest BCUT2D eigenvalue weighted by molar-refractivity contribution is 9.10. The van der Waals surface area contributed by atoms with Crippen molar-refractivity contribution in [2.45, 2.75) is 18.9 Å². The summed E-state index contributed by atoms with van der Waals surface area (Å²) in [5.74, 6) is 0.638. The fraction of sp³-hybridized carbons (Fsp3) is 0.417. The molecule has 1 saturated carbocycles. The summed E-state index contributed by atoms with van der Waals surface area (Å²) in [4.78, 5) is 14.0. The van der Waals surface area contributed by atoms with Crippen LogP contribution < -0.4 is 4.74 Å². The molecule has 1 aromatic rings. The third-order valence-electron chi connectivity index (χ3n) is 2.82. The van der Waals surface area contributed by atoms with Crippen molar-refractivity contribution in [1.29, 1.82) is 0 Å². The molecule has 1 fully saturated rings. The molecule has 1 aliphatic rings. The van der Waals surface area contributed by atoms with Gasteiger partial charge in [-0.15, -0.1) is 0 Å². The highest BCUT2D eigenvalue weighted by atomic mass is 79.9. The minimum atomic E-state index is 0.0202. The minimum absolute atomic E-state index is 0.0202. The summed E-state index contributed by atoms with van der Waals surface area (Å²) in [7, 11) is 3.43. The molecule has 4 heteroatoms. The number of rotatable bonds is 3. The molecule has 1 amide bonds. The SMILES string of the molecule is COc1cccc(Br)c1C(=O)N(C)C1CC1. The van der Waals surface area contributed by atoms with Gasteiger partial charge in [0.25, 0.3) is 5.91 Å². The van der Waals surface area contributed by atoms with Crippen LogP contribution in [0.25, 0.3) is 0 Å². The molecular formula is C12H14BrNO2. The normalized spacial score (nSPS) is 14.7. The van der Waals surface area contributed by atoms with Crippen molar-refractivity contribution in [1.82, 2.24) is 4.90 Å². The molecule has 86 valence electrons. The number of methoxy groups -OCH3 is 1. The average Bonchev–Trinajstić information content (AvgIpc) is 3.10. The summed E-state index contributed by atoms with van der Waals surface area (Å²) < 4.78 is 6.00. The van der Waals surface area contributed by atoms with Crippen LogP contribution in [0, 0.1) is 0 Å². The second-order valence-corrected chi connectivity index (χ2v) is 4.82. The van der Waals surface area contributed by atoms with Crippen LogP contribution >= 0.6 is 15.9 Å². The predicted octanol–water partition coefficient (Wildman–Crippen LogP) is 2.69. The standard InChI is InChI=1S/C12H14BrNO2/c1-14(8-6-7-8)12(15)11-9(13)4-3-5-10(11)16-2/h3-5,8H,6-7H2,1-2H3. The van der Waals surface area contributed by atoms with Gasteiger partial charge < -0.3 is 9.64 Å². The van der Waals surface area contributed by atoms with Gasteiger partial charge in [-0.3, -0.25) is 4.79 Å². The average molecular weight is 284 g/mol. The second kappa shape index (κ2) is 4.45. The summed E-state index contributed by atoms with van der Waals surface area (Å²) in [6.45, 7) is 0. The van der Waals surface area contributed by atoms with E-state index in [0.717, 1.165) is 17.3 Å². The van der Waals surface area contributed by atoms with Crippen LogP contribution in [0.15, 0.2) is 22.7 Å². The summed E-state index contributed by atoms with van der Waals surface area (Å²) in [6.07, 6.45) is 2.21. The highest BCUT2D eigenvalue weighted by Gasteiger charge is 2.32. The molecule has 0 bridgehead atoms. The molecule has 0 atom stereocenters. The predicted molar refractivity (Wildman–Crippen MR) is 65.8 cm³/mol. The third kappa shape index (κ3) is 2.07. The molecule has 0 N–H and O–H groups in total. The molecule has 16 heavy (non-hydrogen) atoms. The van der Waals surface area contributed by atoms with Crippen LogP contribution in [0.2, 0.25) is 0 Å². The van der Waals surface area contributed by atoms with E-state index in [1.165, 1.54) is 0 Å². The van der Waals surface area contributed by atoms with Gasteiger partial charge in [0.1, 0.15) is 5.75 Å². The van der Waals surface area contributed by atoms with Gasteiger partial charge in [-0.25, -0.2) is 0 Å². The molecule has 1 aromatic carbocycles. The van der Waals surface area contributed by atoms with Gasteiger partial charge in [-0.05, 0) is 40.9 Å². The number of hydrogen-bond acceptors (Lipinski definition) is 2. The highest BCUT2D eigenvalue weighted by Crippen LogP contribution is 2.32. The second-order valence-electron chi connectivity index (χ2n) is 3.96. The van der Waals surface area contributed by atoms with Gasteiger partial charge in [0.15, 0.2) is 0 Å². The quantitative estimate of drug-likeness (QED) is 0.854. The van der Waals surface area contributed by atoms with Crippen LogP contribution in [0.3, 0.4) is 0 Å². The summed E-state index contributed by atoms with van der Waals surface area (Å²) >= 11 is 3.40. The number of carbonyl (C=O) groups excluding carboxylic acids is 1. The molecule has 1 aliphatic carbocycles.